The van der Waals surface area contributed by atoms with Gasteiger partial charge >= 0.3 is 0 Å². The maximum absolute atomic E-state index is 11.1. The molecule has 1 aliphatic carbocycles. The number of hydrogen-bond donors (Lipinski definition) is 0. The van der Waals surface area contributed by atoms with E-state index in [1.807, 2.05) is 27.0 Å². The van der Waals surface area contributed by atoms with Crippen molar-refractivity contribution >= 4 is 6.29 Å². The van der Waals surface area contributed by atoms with Crippen molar-refractivity contribution < 1.29 is 4.79 Å². The highest BCUT2D eigenvalue weighted by Crippen LogP contribution is 2.39. The molecule has 1 aliphatic rings. The van der Waals surface area contributed by atoms with Gasteiger partial charge in [0.2, 0.25) is 0 Å². The molecule has 0 aliphatic heterocycles. The van der Waals surface area contributed by atoms with E-state index in [0.717, 1.165) is 12.0 Å². The maximum Gasteiger partial charge on any atom is 0.145 e. The minimum absolute atomic E-state index is 0.115. The zero-order valence-corrected chi connectivity index (χ0v) is 9.47. The third-order valence-corrected chi connectivity index (χ3v) is 2.82. The van der Waals surface area contributed by atoms with Gasteiger partial charge in [-0.2, -0.15) is 0 Å². The molecule has 1 aromatic heterocycles. The van der Waals surface area contributed by atoms with Crippen molar-refractivity contribution in [2.75, 3.05) is 0 Å². The first-order chi connectivity index (χ1) is 7.02. The Morgan fingerprint density at radius 2 is 2.20 bits per heavy atom. The Kier molecular flexibility index (Phi) is 2.37. The lowest BCUT2D eigenvalue weighted by Gasteiger charge is -2.25. The first kappa shape index (κ1) is 10.3. The van der Waals surface area contributed by atoms with Crippen LogP contribution in [0.25, 0.3) is 0 Å². The summed E-state index contributed by atoms with van der Waals surface area (Å²) in [7, 11) is 0. The molecule has 1 heterocycles. The van der Waals surface area contributed by atoms with Crippen LogP contribution in [-0.2, 0) is 4.79 Å². The summed E-state index contributed by atoms with van der Waals surface area (Å²) in [6.07, 6.45) is 5.28. The van der Waals surface area contributed by atoms with E-state index < -0.39 is 0 Å². The van der Waals surface area contributed by atoms with Crippen LogP contribution in [0.5, 0.6) is 0 Å². The Morgan fingerprint density at radius 1 is 1.53 bits per heavy atom. The Balaban J connectivity index is 2.22. The summed E-state index contributed by atoms with van der Waals surface area (Å²) >= 11 is 0. The zero-order valence-electron chi connectivity index (χ0n) is 9.47. The predicted molar refractivity (Wildman–Crippen MR) is 56.6 cm³/mol. The molecule has 0 aromatic carbocycles. The summed E-state index contributed by atoms with van der Waals surface area (Å²) < 4.78 is 1.70. The standard InChI is InChI=1S/C11H17N3O/c1-11(2,3)10(7-15)14-6-9(12-13-14)8-4-5-8/h6-8,10H,4-5H2,1-3H3/t10-/m1/s1. The van der Waals surface area contributed by atoms with Crippen LogP contribution in [-0.4, -0.2) is 21.3 Å². The van der Waals surface area contributed by atoms with Gasteiger partial charge in [-0.15, -0.1) is 5.10 Å². The molecule has 1 saturated carbocycles. The minimum Gasteiger partial charge on any atom is -0.301 e. The van der Waals surface area contributed by atoms with E-state index >= 15 is 0 Å². The van der Waals surface area contributed by atoms with Crippen LogP contribution >= 0.6 is 0 Å². The Morgan fingerprint density at radius 3 is 2.67 bits per heavy atom. The van der Waals surface area contributed by atoms with Gasteiger partial charge in [-0.05, 0) is 18.3 Å². The number of rotatable bonds is 3. The fourth-order valence-electron chi connectivity index (χ4n) is 1.66. The lowest BCUT2D eigenvalue weighted by atomic mass is 9.88. The Hall–Kier alpha value is -1.19. The summed E-state index contributed by atoms with van der Waals surface area (Å²) in [5, 5.41) is 8.17. The molecular weight excluding hydrogens is 190 g/mol. The van der Waals surface area contributed by atoms with Crippen molar-refractivity contribution in [3.8, 4) is 0 Å². The second kappa shape index (κ2) is 3.43. The fourth-order valence-corrected chi connectivity index (χ4v) is 1.66. The van der Waals surface area contributed by atoms with Gasteiger partial charge in [-0.1, -0.05) is 26.0 Å². The number of carbonyl (C=O) groups excluding carboxylic acids is 1. The SMILES string of the molecule is CC(C)(C)[C@@H](C=O)n1cc(C2CC2)nn1. The van der Waals surface area contributed by atoms with E-state index in [2.05, 4.69) is 10.3 Å². The molecule has 82 valence electrons. The van der Waals surface area contributed by atoms with Crippen LogP contribution in [0, 0.1) is 5.41 Å². The molecule has 1 aromatic rings. The van der Waals surface area contributed by atoms with Gasteiger partial charge < -0.3 is 4.79 Å². The largest absolute Gasteiger partial charge is 0.301 e. The third-order valence-electron chi connectivity index (χ3n) is 2.82. The Labute approximate surface area is 89.7 Å². The number of carbonyl (C=O) groups is 1. The zero-order chi connectivity index (χ0) is 11.1. The molecule has 0 N–H and O–H groups in total. The summed E-state index contributed by atoms with van der Waals surface area (Å²) in [6, 6.07) is -0.225. The number of aromatic nitrogens is 3. The van der Waals surface area contributed by atoms with E-state index in [1.54, 1.807) is 4.68 Å². The van der Waals surface area contributed by atoms with Crippen LogP contribution < -0.4 is 0 Å². The van der Waals surface area contributed by atoms with Crippen LogP contribution in [0.4, 0.5) is 0 Å². The van der Waals surface area contributed by atoms with Gasteiger partial charge in [0.15, 0.2) is 0 Å². The van der Waals surface area contributed by atoms with E-state index in [4.69, 9.17) is 0 Å². The molecule has 0 amide bonds. The van der Waals surface area contributed by atoms with E-state index in [-0.39, 0.29) is 11.5 Å². The van der Waals surface area contributed by atoms with E-state index in [1.165, 1.54) is 12.8 Å². The average molecular weight is 207 g/mol. The Bertz CT molecular complexity index is 360. The molecule has 0 radical (unpaired) electrons. The molecule has 0 unspecified atom stereocenters. The highest BCUT2D eigenvalue weighted by molar-refractivity contribution is 5.56. The average Bonchev–Trinajstić information content (AvgIpc) is 2.86. The van der Waals surface area contributed by atoms with E-state index in [0.29, 0.717) is 5.92 Å². The molecule has 0 spiro atoms. The summed E-state index contributed by atoms with van der Waals surface area (Å²) in [5.74, 6) is 0.589. The highest BCUT2D eigenvalue weighted by Gasteiger charge is 2.30. The van der Waals surface area contributed by atoms with Gasteiger partial charge in [-0.25, -0.2) is 4.68 Å². The highest BCUT2D eigenvalue weighted by atomic mass is 16.1. The van der Waals surface area contributed by atoms with Crippen LogP contribution in [0.15, 0.2) is 6.20 Å². The molecule has 1 atom stereocenters. The van der Waals surface area contributed by atoms with E-state index in [9.17, 15) is 4.79 Å². The fraction of sp³-hybridized carbons (Fsp3) is 0.727. The predicted octanol–water partition coefficient (Wildman–Crippen LogP) is 1.94. The molecule has 1 fully saturated rings. The molecular formula is C11H17N3O. The second-order valence-corrected chi connectivity index (χ2v) is 5.34. The van der Waals surface area contributed by atoms with Gasteiger partial charge in [0, 0.05) is 12.1 Å². The van der Waals surface area contributed by atoms with Gasteiger partial charge in [0.05, 0.1) is 5.69 Å². The number of aldehydes is 1. The first-order valence-electron chi connectivity index (χ1n) is 5.39. The summed E-state index contributed by atoms with van der Waals surface area (Å²) in [4.78, 5) is 11.1. The molecule has 0 bridgehead atoms. The maximum atomic E-state index is 11.1. The van der Waals surface area contributed by atoms with Crippen LogP contribution in [0.3, 0.4) is 0 Å². The van der Waals surface area contributed by atoms with Crippen molar-refractivity contribution in [2.24, 2.45) is 5.41 Å². The summed E-state index contributed by atoms with van der Waals surface area (Å²) in [6.45, 7) is 6.10. The minimum atomic E-state index is -0.225. The van der Waals surface area contributed by atoms with Crippen LogP contribution in [0.1, 0.15) is 51.3 Å². The number of hydrogen-bond acceptors (Lipinski definition) is 3. The van der Waals surface area contributed by atoms with Gasteiger partial charge in [0.25, 0.3) is 0 Å². The van der Waals surface area contributed by atoms with Crippen molar-refractivity contribution in [3.63, 3.8) is 0 Å². The smallest absolute Gasteiger partial charge is 0.145 e. The quantitative estimate of drug-likeness (QED) is 0.712. The molecule has 4 nitrogen and oxygen atoms in total. The van der Waals surface area contributed by atoms with Crippen molar-refractivity contribution in [1.29, 1.82) is 0 Å². The van der Waals surface area contributed by atoms with Gasteiger partial charge in [0.1, 0.15) is 12.3 Å². The molecule has 15 heavy (non-hydrogen) atoms. The van der Waals surface area contributed by atoms with Crippen molar-refractivity contribution in [2.45, 2.75) is 45.6 Å². The van der Waals surface area contributed by atoms with Crippen LogP contribution in [0.2, 0.25) is 0 Å². The third kappa shape index (κ3) is 2.08. The summed E-state index contributed by atoms with van der Waals surface area (Å²) in [5.41, 5.74) is 0.919. The first-order valence-corrected chi connectivity index (χ1v) is 5.39. The van der Waals surface area contributed by atoms with Crippen molar-refractivity contribution in [1.82, 2.24) is 15.0 Å². The van der Waals surface area contributed by atoms with Gasteiger partial charge in [-0.3, -0.25) is 0 Å². The molecule has 0 saturated heterocycles. The monoisotopic (exact) mass is 207 g/mol. The lowest BCUT2D eigenvalue weighted by molar-refractivity contribution is -0.113. The second-order valence-electron chi connectivity index (χ2n) is 5.34. The lowest BCUT2D eigenvalue weighted by Crippen LogP contribution is -2.26. The van der Waals surface area contributed by atoms with Crippen molar-refractivity contribution in [3.05, 3.63) is 11.9 Å². The molecule has 2 rings (SSSR count). The number of nitrogens with zero attached hydrogens (tertiary/aromatic N) is 3. The topological polar surface area (TPSA) is 47.8 Å². The molecule has 4 heteroatoms. The normalized spacial score (nSPS) is 18.9.